The largest absolute Gasteiger partial charge is 0.383 e. The molecule has 2 aromatic carbocycles. The highest BCUT2D eigenvalue weighted by atomic mass is 19.1. The van der Waals surface area contributed by atoms with E-state index in [1.54, 1.807) is 11.0 Å². The van der Waals surface area contributed by atoms with Crippen LogP contribution < -0.4 is 5.73 Å². The third kappa shape index (κ3) is 3.66. The summed E-state index contributed by atoms with van der Waals surface area (Å²) in [5, 5.41) is 0. The minimum Gasteiger partial charge on any atom is -0.383 e. The number of halogens is 2. The summed E-state index contributed by atoms with van der Waals surface area (Å²) in [5.41, 5.74) is 7.49. The smallest absolute Gasteiger partial charge is 0.242 e. The second-order valence-corrected chi connectivity index (χ2v) is 6.20. The summed E-state index contributed by atoms with van der Waals surface area (Å²) in [6.45, 7) is 0.233. The molecule has 26 heavy (non-hydrogen) atoms. The summed E-state index contributed by atoms with van der Waals surface area (Å²) in [6, 6.07) is 11.4. The normalized spacial score (nSPS) is 17.9. The molecular weight excluding hydrogens is 338 g/mol. The molecule has 1 heterocycles. The fourth-order valence-corrected chi connectivity index (χ4v) is 3.14. The fraction of sp³-hybridized carbons (Fsp3) is 0.250. The fourth-order valence-electron chi connectivity index (χ4n) is 3.14. The van der Waals surface area contributed by atoms with E-state index < -0.39 is 23.7 Å². The maximum Gasteiger partial charge on any atom is 0.242 e. The Morgan fingerprint density at radius 1 is 1.27 bits per heavy atom. The van der Waals surface area contributed by atoms with Gasteiger partial charge in [-0.1, -0.05) is 36.4 Å². The third-order valence-corrected chi connectivity index (χ3v) is 4.40. The topological polar surface area (TPSA) is 55.6 Å². The quantitative estimate of drug-likeness (QED) is 0.894. The molecule has 0 spiro atoms. The first-order valence-electron chi connectivity index (χ1n) is 8.27. The number of nitrogens with zero attached hydrogens (tertiary/aromatic N) is 1. The highest BCUT2D eigenvalue weighted by molar-refractivity contribution is 5.86. The van der Waals surface area contributed by atoms with E-state index in [0.717, 1.165) is 23.8 Å². The van der Waals surface area contributed by atoms with Crippen molar-refractivity contribution in [2.24, 2.45) is 5.73 Å². The predicted octanol–water partition coefficient (Wildman–Crippen LogP) is 2.91. The lowest BCUT2D eigenvalue weighted by atomic mass is 10.0. The second kappa shape index (κ2) is 7.76. The van der Waals surface area contributed by atoms with Gasteiger partial charge in [0.2, 0.25) is 5.91 Å². The summed E-state index contributed by atoms with van der Waals surface area (Å²) in [4.78, 5) is 14.3. The molecule has 3 rings (SSSR count). The van der Waals surface area contributed by atoms with Crippen LogP contribution in [-0.4, -0.2) is 37.1 Å². The maximum atomic E-state index is 14.2. The number of rotatable bonds is 5. The molecule has 0 aliphatic carbocycles. The molecule has 6 heteroatoms. The first-order chi connectivity index (χ1) is 12.5. The zero-order chi connectivity index (χ0) is 18.7. The molecule has 0 fully saturated rings. The van der Waals surface area contributed by atoms with Gasteiger partial charge >= 0.3 is 0 Å². The zero-order valence-electron chi connectivity index (χ0n) is 14.4. The van der Waals surface area contributed by atoms with Gasteiger partial charge in [0.15, 0.2) is 0 Å². The summed E-state index contributed by atoms with van der Waals surface area (Å²) in [7, 11) is 1.47. The molecule has 1 aliphatic rings. The Bertz CT molecular complexity index is 824. The predicted molar refractivity (Wildman–Crippen MR) is 95.1 cm³/mol. The Morgan fingerprint density at radius 2 is 2.00 bits per heavy atom. The Balaban J connectivity index is 1.98. The Kier molecular flexibility index (Phi) is 5.44. The molecule has 1 amide bonds. The lowest BCUT2D eigenvalue weighted by Crippen LogP contribution is -2.46. The van der Waals surface area contributed by atoms with Crippen molar-refractivity contribution < 1.29 is 18.3 Å². The van der Waals surface area contributed by atoms with Gasteiger partial charge in [0.05, 0.1) is 12.6 Å². The molecule has 4 nitrogen and oxygen atoms in total. The van der Waals surface area contributed by atoms with Crippen LogP contribution in [0.25, 0.3) is 5.57 Å². The summed E-state index contributed by atoms with van der Waals surface area (Å²) < 4.78 is 32.8. The highest BCUT2D eigenvalue weighted by Crippen LogP contribution is 2.35. The number of ether oxygens (including phenoxy) is 1. The molecule has 1 unspecified atom stereocenters. The van der Waals surface area contributed by atoms with Gasteiger partial charge in [-0.15, -0.1) is 0 Å². The van der Waals surface area contributed by atoms with Gasteiger partial charge in [-0.2, -0.15) is 0 Å². The number of nitrogens with two attached hydrogens (primary N) is 1. The summed E-state index contributed by atoms with van der Waals surface area (Å²) in [6.07, 6.45) is 1.78. The minimum atomic E-state index is -0.823. The maximum absolute atomic E-state index is 14.2. The van der Waals surface area contributed by atoms with Crippen molar-refractivity contribution in [2.75, 3.05) is 20.3 Å². The van der Waals surface area contributed by atoms with E-state index in [-0.39, 0.29) is 24.6 Å². The van der Waals surface area contributed by atoms with E-state index in [4.69, 9.17) is 10.5 Å². The van der Waals surface area contributed by atoms with Crippen molar-refractivity contribution in [2.45, 2.75) is 12.1 Å². The van der Waals surface area contributed by atoms with Crippen molar-refractivity contribution in [1.82, 2.24) is 4.90 Å². The monoisotopic (exact) mass is 358 g/mol. The molecule has 2 aromatic rings. The van der Waals surface area contributed by atoms with Crippen molar-refractivity contribution in [1.29, 1.82) is 0 Å². The van der Waals surface area contributed by atoms with Crippen molar-refractivity contribution in [3.05, 3.63) is 77.4 Å². The average Bonchev–Trinajstić information content (AvgIpc) is 3.09. The molecule has 0 radical (unpaired) electrons. The summed E-state index contributed by atoms with van der Waals surface area (Å²) >= 11 is 0. The van der Waals surface area contributed by atoms with Crippen LogP contribution in [0.4, 0.5) is 8.78 Å². The van der Waals surface area contributed by atoms with E-state index in [1.165, 1.54) is 7.11 Å². The van der Waals surface area contributed by atoms with Gasteiger partial charge in [-0.05, 0) is 29.3 Å². The van der Waals surface area contributed by atoms with E-state index in [0.29, 0.717) is 5.57 Å². The van der Waals surface area contributed by atoms with Crippen molar-refractivity contribution in [3.63, 3.8) is 0 Å². The zero-order valence-corrected chi connectivity index (χ0v) is 14.4. The SMILES string of the molecule is COC[C@H](N)C(=O)N1CC(c2cc(F)ccc2F)=CC1c1ccccc1. The first-order valence-corrected chi connectivity index (χ1v) is 8.27. The van der Waals surface area contributed by atoms with E-state index in [1.807, 2.05) is 30.3 Å². The van der Waals surface area contributed by atoms with Gasteiger partial charge < -0.3 is 15.4 Å². The Hall–Kier alpha value is -2.57. The number of amides is 1. The average molecular weight is 358 g/mol. The minimum absolute atomic E-state index is 0.0838. The molecular formula is C20H20F2N2O2. The van der Waals surface area contributed by atoms with Crippen LogP contribution in [0.3, 0.4) is 0 Å². The number of carbonyl (C=O) groups is 1. The number of benzene rings is 2. The van der Waals surface area contributed by atoms with Crippen LogP contribution in [0.1, 0.15) is 17.2 Å². The number of hydrogen-bond acceptors (Lipinski definition) is 3. The van der Waals surface area contributed by atoms with Crippen LogP contribution in [0.15, 0.2) is 54.6 Å². The van der Waals surface area contributed by atoms with Gasteiger partial charge in [0, 0.05) is 19.2 Å². The molecule has 0 saturated carbocycles. The van der Waals surface area contributed by atoms with Gasteiger partial charge in [0.1, 0.15) is 17.7 Å². The lowest BCUT2D eigenvalue weighted by molar-refractivity contribution is -0.134. The van der Waals surface area contributed by atoms with Crippen LogP contribution >= 0.6 is 0 Å². The summed E-state index contributed by atoms with van der Waals surface area (Å²) in [5.74, 6) is -1.36. The first kappa shape index (κ1) is 18.2. The molecule has 2 N–H and O–H groups in total. The van der Waals surface area contributed by atoms with Gasteiger partial charge in [-0.25, -0.2) is 8.78 Å². The number of carbonyl (C=O) groups excluding carboxylic acids is 1. The highest BCUT2D eigenvalue weighted by Gasteiger charge is 2.34. The van der Waals surface area contributed by atoms with E-state index in [2.05, 4.69) is 0 Å². The van der Waals surface area contributed by atoms with Crippen molar-refractivity contribution in [3.8, 4) is 0 Å². The molecule has 0 bridgehead atoms. The van der Waals surface area contributed by atoms with E-state index in [9.17, 15) is 13.6 Å². The Morgan fingerprint density at radius 3 is 2.69 bits per heavy atom. The third-order valence-electron chi connectivity index (χ3n) is 4.40. The molecule has 2 atom stereocenters. The number of hydrogen-bond donors (Lipinski definition) is 1. The van der Waals surface area contributed by atoms with Crippen molar-refractivity contribution >= 4 is 11.5 Å². The standard InChI is InChI=1S/C20H20F2N2O2/c1-26-12-18(23)20(25)24-11-14(16-10-15(21)7-8-17(16)22)9-19(24)13-5-3-2-4-6-13/h2-10,18-19H,11-12,23H2,1H3/t18-,19?/m0/s1. The van der Waals surface area contributed by atoms with Crippen LogP contribution in [0.2, 0.25) is 0 Å². The molecule has 1 aliphatic heterocycles. The lowest BCUT2D eigenvalue weighted by Gasteiger charge is -2.27. The molecule has 136 valence electrons. The van der Waals surface area contributed by atoms with Crippen LogP contribution in [0, 0.1) is 11.6 Å². The van der Waals surface area contributed by atoms with E-state index >= 15 is 0 Å². The second-order valence-electron chi connectivity index (χ2n) is 6.20. The molecule has 0 aromatic heterocycles. The Labute approximate surface area is 150 Å². The van der Waals surface area contributed by atoms with Gasteiger partial charge in [-0.3, -0.25) is 4.79 Å². The van der Waals surface area contributed by atoms with Crippen LogP contribution in [0.5, 0.6) is 0 Å². The molecule has 0 saturated heterocycles. The number of methoxy groups -OCH3 is 1. The van der Waals surface area contributed by atoms with Gasteiger partial charge in [0.25, 0.3) is 0 Å². The van der Waals surface area contributed by atoms with Crippen LogP contribution in [-0.2, 0) is 9.53 Å².